The van der Waals surface area contributed by atoms with Crippen molar-refractivity contribution in [1.29, 1.82) is 0 Å². The molecule has 0 radical (unpaired) electrons. The van der Waals surface area contributed by atoms with Crippen LogP contribution in [0.15, 0.2) is 0 Å². The van der Waals surface area contributed by atoms with Crippen LogP contribution in [0.2, 0.25) is 0 Å². The lowest BCUT2D eigenvalue weighted by atomic mass is 9.56. The fraction of sp³-hybridized carbons (Fsp3) is 1.00. The van der Waals surface area contributed by atoms with Crippen molar-refractivity contribution in [1.82, 2.24) is 0 Å². The fourth-order valence-corrected chi connectivity index (χ4v) is 3.60. The minimum Gasteiger partial charge on any atom is -0.0648 e. The summed E-state index contributed by atoms with van der Waals surface area (Å²) in [6, 6.07) is 0. The quantitative estimate of drug-likeness (QED) is 0.549. The van der Waals surface area contributed by atoms with Gasteiger partial charge in [0.25, 0.3) is 0 Å². The zero-order chi connectivity index (χ0) is 7.19. The molecule has 3 aliphatic rings. The number of hydrogen-bond acceptors (Lipinski definition) is 0. The van der Waals surface area contributed by atoms with E-state index >= 15 is 0 Å². The third-order valence-electron chi connectivity index (χ3n) is 4.38. The van der Waals surface area contributed by atoms with Crippen LogP contribution in [0.3, 0.4) is 0 Å². The van der Waals surface area contributed by atoms with E-state index in [1.807, 2.05) is 0 Å². The molecule has 2 atom stereocenters. The largest absolute Gasteiger partial charge is 0.0648 e. The highest BCUT2D eigenvalue weighted by atomic mass is 14.6. The lowest BCUT2D eigenvalue weighted by Gasteiger charge is -2.49. The van der Waals surface area contributed by atoms with E-state index in [0.29, 0.717) is 0 Å². The van der Waals surface area contributed by atoms with E-state index < -0.39 is 0 Å². The highest BCUT2D eigenvalue weighted by Gasteiger charge is 2.56. The number of hydrogen-bond donors (Lipinski definition) is 0. The van der Waals surface area contributed by atoms with Gasteiger partial charge in [-0.2, -0.15) is 0 Å². The predicted molar refractivity (Wildman–Crippen MR) is 43.8 cm³/mol. The molecule has 0 heterocycles. The van der Waals surface area contributed by atoms with Crippen LogP contribution < -0.4 is 0 Å². The Morgan fingerprint density at radius 1 is 1.10 bits per heavy atom. The van der Waals surface area contributed by atoms with E-state index in [-0.39, 0.29) is 0 Å². The molecule has 0 aliphatic heterocycles. The summed E-state index contributed by atoms with van der Waals surface area (Å²) < 4.78 is 0. The van der Waals surface area contributed by atoms with Crippen LogP contribution in [0.4, 0.5) is 0 Å². The van der Waals surface area contributed by atoms with E-state index in [9.17, 15) is 0 Å². The lowest BCUT2D eigenvalue weighted by Crippen LogP contribution is -2.41. The molecule has 0 aromatic heterocycles. The molecule has 2 unspecified atom stereocenters. The van der Waals surface area contributed by atoms with Crippen LogP contribution in [0.1, 0.15) is 46.0 Å². The fourth-order valence-electron chi connectivity index (χ4n) is 3.60. The molecule has 2 bridgehead atoms. The topological polar surface area (TPSA) is 0 Å². The SMILES string of the molecule is CCC1(CC)C2CCC1C2. The maximum absolute atomic E-state index is 2.38. The van der Waals surface area contributed by atoms with Crippen molar-refractivity contribution < 1.29 is 0 Å². The summed E-state index contributed by atoms with van der Waals surface area (Å²) in [5, 5.41) is 0. The molecule has 3 aliphatic carbocycles. The average molecular weight is 138 g/mol. The average Bonchev–Trinajstić information content (AvgIpc) is 2.48. The van der Waals surface area contributed by atoms with Gasteiger partial charge in [0.15, 0.2) is 0 Å². The van der Waals surface area contributed by atoms with Gasteiger partial charge in [-0.15, -0.1) is 0 Å². The second-order valence-electron chi connectivity index (χ2n) is 4.15. The van der Waals surface area contributed by atoms with Crippen molar-refractivity contribution in [3.63, 3.8) is 0 Å². The molecule has 0 N–H and O–H groups in total. The van der Waals surface area contributed by atoms with Gasteiger partial charge in [-0.3, -0.25) is 0 Å². The van der Waals surface area contributed by atoms with E-state index in [1.165, 1.54) is 12.8 Å². The molecule has 0 aromatic carbocycles. The van der Waals surface area contributed by atoms with Crippen LogP contribution >= 0.6 is 0 Å². The molecule has 0 nitrogen and oxygen atoms in total. The van der Waals surface area contributed by atoms with Gasteiger partial charge >= 0.3 is 0 Å². The first-order chi connectivity index (χ1) is 4.83. The molecule has 0 aromatic rings. The van der Waals surface area contributed by atoms with Gasteiger partial charge in [0.1, 0.15) is 0 Å². The Bertz CT molecular complexity index is 117. The van der Waals surface area contributed by atoms with Crippen molar-refractivity contribution in [3.8, 4) is 0 Å². The monoisotopic (exact) mass is 138 g/mol. The van der Waals surface area contributed by atoms with Gasteiger partial charge in [0, 0.05) is 0 Å². The van der Waals surface area contributed by atoms with Crippen LogP contribution in [0.5, 0.6) is 0 Å². The second-order valence-corrected chi connectivity index (χ2v) is 4.15. The Balaban J connectivity index is 2.15. The Hall–Kier alpha value is 0. The smallest absolute Gasteiger partial charge is 0.0246 e. The Kier molecular flexibility index (Phi) is 1.33. The standard InChI is InChI=1S/C10H18/c1-3-10(4-2)8-5-6-9(10)7-8/h8-9H,3-7H2,1-2H3. The first-order valence-electron chi connectivity index (χ1n) is 4.83. The molecule has 3 saturated carbocycles. The van der Waals surface area contributed by atoms with Crippen molar-refractivity contribution >= 4 is 0 Å². The molecule has 0 amide bonds. The van der Waals surface area contributed by atoms with E-state index in [2.05, 4.69) is 13.8 Å². The maximum Gasteiger partial charge on any atom is -0.0246 e. The van der Waals surface area contributed by atoms with Gasteiger partial charge < -0.3 is 0 Å². The molecule has 0 saturated heterocycles. The summed E-state index contributed by atoms with van der Waals surface area (Å²) in [4.78, 5) is 0. The summed E-state index contributed by atoms with van der Waals surface area (Å²) >= 11 is 0. The van der Waals surface area contributed by atoms with Crippen molar-refractivity contribution in [2.24, 2.45) is 17.3 Å². The van der Waals surface area contributed by atoms with Gasteiger partial charge in [-0.05, 0) is 49.4 Å². The first kappa shape index (κ1) is 6.69. The minimum absolute atomic E-state index is 0.833. The van der Waals surface area contributed by atoms with E-state index in [1.54, 1.807) is 19.3 Å². The second kappa shape index (κ2) is 1.99. The lowest BCUT2D eigenvalue weighted by molar-refractivity contribution is 0.00115. The van der Waals surface area contributed by atoms with Gasteiger partial charge in [-0.1, -0.05) is 13.8 Å². The molecule has 3 rings (SSSR count). The maximum atomic E-state index is 2.38. The summed E-state index contributed by atoms with van der Waals surface area (Å²) in [5.41, 5.74) is 0.833. The van der Waals surface area contributed by atoms with Gasteiger partial charge in [0.2, 0.25) is 0 Å². The molecule has 10 heavy (non-hydrogen) atoms. The van der Waals surface area contributed by atoms with Crippen LogP contribution in [0.25, 0.3) is 0 Å². The Morgan fingerprint density at radius 3 is 1.80 bits per heavy atom. The molecule has 0 heteroatoms. The van der Waals surface area contributed by atoms with Crippen molar-refractivity contribution in [3.05, 3.63) is 0 Å². The number of fused-ring (bicyclic) bond motifs is 1. The summed E-state index contributed by atoms with van der Waals surface area (Å²) in [6.07, 6.45) is 7.55. The van der Waals surface area contributed by atoms with Crippen molar-refractivity contribution in [2.75, 3.05) is 0 Å². The summed E-state index contributed by atoms with van der Waals surface area (Å²) in [7, 11) is 0. The molecule has 3 fully saturated rings. The summed E-state index contributed by atoms with van der Waals surface area (Å²) in [5.74, 6) is 2.26. The Morgan fingerprint density at radius 2 is 1.60 bits per heavy atom. The van der Waals surface area contributed by atoms with Crippen LogP contribution in [0, 0.1) is 17.3 Å². The third-order valence-corrected chi connectivity index (χ3v) is 4.38. The summed E-state index contributed by atoms with van der Waals surface area (Å²) in [6.45, 7) is 4.77. The predicted octanol–water partition coefficient (Wildman–Crippen LogP) is 3.22. The molecular weight excluding hydrogens is 120 g/mol. The van der Waals surface area contributed by atoms with E-state index in [4.69, 9.17) is 0 Å². The molecule has 58 valence electrons. The number of rotatable bonds is 2. The minimum atomic E-state index is 0.833. The third kappa shape index (κ3) is 0.538. The molecular formula is C10H18. The van der Waals surface area contributed by atoms with Crippen LogP contribution in [-0.4, -0.2) is 0 Å². The molecule has 0 spiro atoms. The van der Waals surface area contributed by atoms with Gasteiger partial charge in [-0.25, -0.2) is 0 Å². The zero-order valence-corrected chi connectivity index (χ0v) is 7.19. The highest BCUT2D eigenvalue weighted by Crippen LogP contribution is 2.65. The van der Waals surface area contributed by atoms with E-state index in [0.717, 1.165) is 17.3 Å². The van der Waals surface area contributed by atoms with Crippen molar-refractivity contribution in [2.45, 2.75) is 46.0 Å². The normalized spacial score (nSPS) is 41.4. The van der Waals surface area contributed by atoms with Crippen LogP contribution in [-0.2, 0) is 0 Å². The zero-order valence-electron chi connectivity index (χ0n) is 7.19. The first-order valence-corrected chi connectivity index (χ1v) is 4.83. The van der Waals surface area contributed by atoms with Gasteiger partial charge in [0.05, 0.1) is 0 Å². The Labute approximate surface area is 64.0 Å². The highest BCUT2D eigenvalue weighted by molar-refractivity contribution is 5.05.